The third-order valence-electron chi connectivity index (χ3n) is 19.0. The fourth-order valence-electron chi connectivity index (χ4n) is 12.5. The number of carbonyl (C=O) groups excluding carboxylic acids is 4. The second-order valence-electron chi connectivity index (χ2n) is 30.1. The smallest absolute Gasteiger partial charge is 0.462 e. The summed E-state index contributed by atoms with van der Waals surface area (Å²) in [5, 5.41) is 10.6. The fraction of sp³-hybridized carbons (Fsp3) is 0.951. The van der Waals surface area contributed by atoms with E-state index in [4.69, 9.17) is 37.0 Å². The van der Waals surface area contributed by atoms with Gasteiger partial charge >= 0.3 is 39.5 Å². The van der Waals surface area contributed by atoms with Crippen LogP contribution in [0.5, 0.6) is 0 Å². The summed E-state index contributed by atoms with van der Waals surface area (Å²) in [6.45, 7) is 9.65. The molecule has 0 spiro atoms. The Balaban J connectivity index is 5.25. The summed E-state index contributed by atoms with van der Waals surface area (Å²) in [5.41, 5.74) is 0. The molecule has 17 nitrogen and oxygen atoms in total. The average molecular weight is 1470 g/mol. The number of aliphatic hydroxyl groups is 1. The fourth-order valence-corrected chi connectivity index (χ4v) is 14.1. The maximum absolute atomic E-state index is 13.1. The van der Waals surface area contributed by atoms with Crippen molar-refractivity contribution < 1.29 is 80.2 Å². The second-order valence-corrected chi connectivity index (χ2v) is 33.0. The van der Waals surface area contributed by atoms with Gasteiger partial charge in [0.2, 0.25) is 0 Å². The van der Waals surface area contributed by atoms with E-state index in [1.807, 2.05) is 0 Å². The monoisotopic (exact) mass is 1470 g/mol. The molecule has 0 aromatic rings. The molecule has 0 aromatic carbocycles. The summed E-state index contributed by atoms with van der Waals surface area (Å²) in [7, 11) is -9.92. The summed E-state index contributed by atoms with van der Waals surface area (Å²) >= 11 is 0. The Kier molecular flexibility index (Phi) is 71.2. The lowest BCUT2D eigenvalue weighted by Gasteiger charge is -2.21. The lowest BCUT2D eigenvalue weighted by molar-refractivity contribution is -0.161. The molecule has 0 radical (unpaired) electrons. The third kappa shape index (κ3) is 74.3. The highest BCUT2D eigenvalue weighted by atomic mass is 31.2. The Morgan fingerprint density at radius 1 is 0.270 bits per heavy atom. The molecule has 0 heterocycles. The third-order valence-corrected chi connectivity index (χ3v) is 20.9. The van der Waals surface area contributed by atoms with Crippen LogP contribution in [0.15, 0.2) is 0 Å². The normalized spacial score (nSPS) is 13.9. The summed E-state index contributed by atoms with van der Waals surface area (Å²) in [6, 6.07) is 0. The van der Waals surface area contributed by atoms with E-state index >= 15 is 0 Å². The highest BCUT2D eigenvalue weighted by Crippen LogP contribution is 2.45. The summed E-state index contributed by atoms with van der Waals surface area (Å²) in [5.74, 6) is -0.555. The molecule has 3 N–H and O–H groups in total. The standard InChI is InChI=1S/C81H158O17P2/c1-7-9-11-13-15-17-19-21-22-23-24-25-30-34-41-47-53-59-65-80(85)97-76(69-92-79(84)64-58-52-46-40-33-29-27-26-28-31-37-43-49-55-61-73(3)4)71-95-99(87,88)93-67-75(82)68-94-100(89,90)96-72-77(70-91-78(83)63-57-51-45-39-32-20-18-16-14-12-10-8-2)98-81(86)66-60-54-48-42-36-35-38-44-50-56-62-74(5)6/h73-77,82H,7-72H2,1-6H3,(H,87,88)(H,89,90)/t75-,76-,77-/m1/s1. The van der Waals surface area contributed by atoms with Crippen LogP contribution in [0.2, 0.25) is 0 Å². The number of hydrogen-bond acceptors (Lipinski definition) is 15. The Morgan fingerprint density at radius 3 is 0.680 bits per heavy atom. The molecule has 0 rings (SSSR count). The van der Waals surface area contributed by atoms with Crippen molar-refractivity contribution >= 4 is 39.5 Å². The lowest BCUT2D eigenvalue weighted by Crippen LogP contribution is -2.30. The zero-order valence-corrected chi connectivity index (χ0v) is 67.3. The van der Waals surface area contributed by atoms with E-state index in [2.05, 4.69) is 41.5 Å². The van der Waals surface area contributed by atoms with Gasteiger partial charge in [-0.25, -0.2) is 9.13 Å². The quantitative estimate of drug-likeness (QED) is 0.0222. The van der Waals surface area contributed by atoms with Gasteiger partial charge in [-0.15, -0.1) is 0 Å². The van der Waals surface area contributed by atoms with Gasteiger partial charge < -0.3 is 33.8 Å². The van der Waals surface area contributed by atoms with Crippen LogP contribution in [0.25, 0.3) is 0 Å². The minimum Gasteiger partial charge on any atom is -0.462 e. The maximum atomic E-state index is 13.1. The average Bonchev–Trinajstić information content (AvgIpc) is 0.927. The van der Waals surface area contributed by atoms with Gasteiger partial charge in [-0.2, -0.15) is 0 Å². The number of unbranched alkanes of at least 4 members (excludes halogenated alkanes) is 50. The summed E-state index contributed by atoms with van der Waals surface area (Å²) in [4.78, 5) is 73.1. The molecule has 594 valence electrons. The van der Waals surface area contributed by atoms with Crippen molar-refractivity contribution in [1.82, 2.24) is 0 Å². The molecule has 0 aliphatic rings. The molecule has 2 unspecified atom stereocenters. The highest BCUT2D eigenvalue weighted by molar-refractivity contribution is 7.47. The largest absolute Gasteiger partial charge is 0.472 e. The van der Waals surface area contributed by atoms with E-state index in [0.717, 1.165) is 102 Å². The first-order chi connectivity index (χ1) is 48.4. The van der Waals surface area contributed by atoms with E-state index in [1.165, 1.54) is 244 Å². The minimum absolute atomic E-state index is 0.107. The van der Waals surface area contributed by atoms with Gasteiger partial charge in [-0.1, -0.05) is 375 Å². The lowest BCUT2D eigenvalue weighted by atomic mass is 10.0. The minimum atomic E-state index is -4.96. The molecular weight excluding hydrogens is 1310 g/mol. The van der Waals surface area contributed by atoms with Crippen LogP contribution >= 0.6 is 15.6 Å². The van der Waals surface area contributed by atoms with Crippen LogP contribution < -0.4 is 0 Å². The first-order valence-electron chi connectivity index (χ1n) is 42.0. The molecule has 0 aromatic heterocycles. The molecule has 19 heteroatoms. The van der Waals surface area contributed by atoms with Gasteiger partial charge in [-0.3, -0.25) is 37.3 Å². The van der Waals surface area contributed by atoms with Gasteiger partial charge in [0.05, 0.1) is 26.4 Å². The predicted molar refractivity (Wildman–Crippen MR) is 409 cm³/mol. The van der Waals surface area contributed by atoms with Crippen molar-refractivity contribution in [3.8, 4) is 0 Å². The topological polar surface area (TPSA) is 237 Å². The first-order valence-corrected chi connectivity index (χ1v) is 45.0. The molecular formula is C81H158O17P2. The molecule has 0 bridgehead atoms. The van der Waals surface area contributed by atoms with Crippen LogP contribution in [0.3, 0.4) is 0 Å². The summed E-state index contributed by atoms with van der Waals surface area (Å²) < 4.78 is 68.7. The second kappa shape index (κ2) is 72.6. The molecule has 0 aliphatic heterocycles. The number of ether oxygens (including phenoxy) is 4. The SMILES string of the molecule is CCCCCCCCCCCCCCCCCCCCC(=O)O[C@H](COC(=O)CCCCCCCCCCCCCCCCC(C)C)COP(=O)(O)OC[C@@H](O)COP(=O)(O)OC[C@@H](COC(=O)CCCCCCCCCCCCCC)OC(=O)CCCCCCCCCCCCC(C)C. The Hall–Kier alpha value is -1.94. The van der Waals surface area contributed by atoms with E-state index in [0.29, 0.717) is 25.7 Å². The van der Waals surface area contributed by atoms with E-state index in [-0.39, 0.29) is 25.7 Å². The van der Waals surface area contributed by atoms with Crippen molar-refractivity contribution in [1.29, 1.82) is 0 Å². The Bertz CT molecular complexity index is 1920. The molecule has 100 heavy (non-hydrogen) atoms. The zero-order valence-electron chi connectivity index (χ0n) is 65.5. The van der Waals surface area contributed by atoms with Crippen LogP contribution in [-0.2, 0) is 65.4 Å². The van der Waals surface area contributed by atoms with Crippen LogP contribution in [0.1, 0.15) is 427 Å². The van der Waals surface area contributed by atoms with Gasteiger partial charge in [-0.05, 0) is 37.5 Å². The number of esters is 4. The van der Waals surface area contributed by atoms with E-state index in [9.17, 15) is 43.2 Å². The maximum Gasteiger partial charge on any atom is 0.472 e. The molecule has 0 fully saturated rings. The number of hydrogen-bond donors (Lipinski definition) is 3. The summed E-state index contributed by atoms with van der Waals surface area (Å²) in [6.07, 6.45) is 62.3. The van der Waals surface area contributed by atoms with E-state index < -0.39 is 97.5 Å². The highest BCUT2D eigenvalue weighted by Gasteiger charge is 2.30. The number of rotatable bonds is 80. The van der Waals surface area contributed by atoms with Gasteiger partial charge in [0.25, 0.3) is 0 Å². The van der Waals surface area contributed by atoms with Crippen molar-refractivity contribution in [2.75, 3.05) is 39.6 Å². The Labute approximate surface area is 613 Å². The molecule has 0 amide bonds. The van der Waals surface area contributed by atoms with E-state index in [1.54, 1.807) is 0 Å². The molecule has 5 atom stereocenters. The number of phosphoric acid groups is 2. The predicted octanol–water partition coefficient (Wildman–Crippen LogP) is 24.3. The molecule has 0 saturated carbocycles. The van der Waals surface area contributed by atoms with Crippen LogP contribution in [-0.4, -0.2) is 96.7 Å². The van der Waals surface area contributed by atoms with Crippen LogP contribution in [0.4, 0.5) is 0 Å². The zero-order chi connectivity index (χ0) is 73.5. The van der Waals surface area contributed by atoms with Gasteiger partial charge in [0, 0.05) is 25.7 Å². The molecule has 0 aliphatic carbocycles. The van der Waals surface area contributed by atoms with Crippen molar-refractivity contribution in [3.05, 3.63) is 0 Å². The van der Waals surface area contributed by atoms with Crippen molar-refractivity contribution in [2.24, 2.45) is 11.8 Å². The number of carbonyl (C=O) groups is 4. The number of phosphoric ester groups is 2. The first kappa shape index (κ1) is 98.1. The molecule has 0 saturated heterocycles. The number of aliphatic hydroxyl groups excluding tert-OH is 1. The van der Waals surface area contributed by atoms with Crippen molar-refractivity contribution in [2.45, 2.75) is 445 Å². The Morgan fingerprint density at radius 2 is 0.460 bits per heavy atom. The van der Waals surface area contributed by atoms with Crippen molar-refractivity contribution in [3.63, 3.8) is 0 Å². The van der Waals surface area contributed by atoms with Gasteiger partial charge in [0.1, 0.15) is 19.3 Å². The van der Waals surface area contributed by atoms with Crippen LogP contribution in [0, 0.1) is 11.8 Å². The van der Waals surface area contributed by atoms with Gasteiger partial charge in [0.15, 0.2) is 12.2 Å².